The second kappa shape index (κ2) is 3.10. The molecule has 80 valence electrons. The van der Waals surface area contributed by atoms with Crippen LogP contribution >= 0.6 is 11.6 Å². The molecule has 0 aliphatic carbocycles. The lowest BCUT2D eigenvalue weighted by molar-refractivity contribution is 0.201. The van der Waals surface area contributed by atoms with Gasteiger partial charge in [0.1, 0.15) is 0 Å². The molecule has 0 atom stereocenters. The van der Waals surface area contributed by atoms with E-state index in [9.17, 15) is 4.79 Å². The molecular weight excluding hydrogens is 216 g/mol. The first kappa shape index (κ1) is 10.2. The number of carbonyl (C=O) groups is 1. The van der Waals surface area contributed by atoms with Crippen LogP contribution < -0.4 is 4.90 Å². The van der Waals surface area contributed by atoms with Crippen molar-refractivity contribution < 1.29 is 9.90 Å². The molecule has 0 saturated heterocycles. The van der Waals surface area contributed by atoms with Gasteiger partial charge in [-0.25, -0.2) is 4.79 Å². The van der Waals surface area contributed by atoms with Gasteiger partial charge in [-0.3, -0.25) is 9.88 Å². The molecule has 2 heterocycles. The smallest absolute Gasteiger partial charge is 0.411 e. The van der Waals surface area contributed by atoms with Crippen LogP contribution in [0.15, 0.2) is 12.3 Å². The number of anilines is 1. The van der Waals surface area contributed by atoms with Crippen molar-refractivity contribution in [3.63, 3.8) is 0 Å². The number of nitrogens with zero attached hydrogens (tertiary/aromatic N) is 2. The van der Waals surface area contributed by atoms with Gasteiger partial charge in [0, 0.05) is 18.2 Å². The third-order valence-corrected chi connectivity index (χ3v) is 2.76. The summed E-state index contributed by atoms with van der Waals surface area (Å²) in [4.78, 5) is 16.5. The molecule has 0 radical (unpaired) electrons. The molecule has 15 heavy (non-hydrogen) atoms. The maximum atomic E-state index is 11.0. The molecule has 1 aromatic rings. The van der Waals surface area contributed by atoms with E-state index in [0.717, 1.165) is 5.69 Å². The number of fused-ring (bicyclic) bond motifs is 1. The van der Waals surface area contributed by atoms with Gasteiger partial charge >= 0.3 is 6.09 Å². The summed E-state index contributed by atoms with van der Waals surface area (Å²) < 4.78 is 0. The van der Waals surface area contributed by atoms with E-state index in [0.29, 0.717) is 17.3 Å². The van der Waals surface area contributed by atoms with Gasteiger partial charge in [-0.1, -0.05) is 25.4 Å². The Morgan fingerprint density at radius 2 is 2.33 bits per heavy atom. The fourth-order valence-corrected chi connectivity index (χ4v) is 2.03. The number of hydrogen-bond acceptors (Lipinski definition) is 2. The Kier molecular flexibility index (Phi) is 2.12. The summed E-state index contributed by atoms with van der Waals surface area (Å²) >= 11 is 5.80. The summed E-state index contributed by atoms with van der Waals surface area (Å²) in [6.07, 6.45) is 0.582. The SMILES string of the molecule is CC1(C)CN(C(=O)O)c2cc(Cl)cnc21. The van der Waals surface area contributed by atoms with Crippen LogP contribution in [-0.2, 0) is 5.41 Å². The lowest BCUT2D eigenvalue weighted by atomic mass is 9.91. The van der Waals surface area contributed by atoms with Crippen LogP contribution in [0.3, 0.4) is 0 Å². The van der Waals surface area contributed by atoms with Gasteiger partial charge in [-0.05, 0) is 6.07 Å². The summed E-state index contributed by atoms with van der Waals surface area (Å²) in [6, 6.07) is 1.65. The molecule has 2 rings (SSSR count). The highest BCUT2D eigenvalue weighted by Gasteiger charge is 2.39. The van der Waals surface area contributed by atoms with Crippen molar-refractivity contribution in [3.8, 4) is 0 Å². The average molecular weight is 227 g/mol. The highest BCUT2D eigenvalue weighted by molar-refractivity contribution is 6.30. The minimum absolute atomic E-state index is 0.252. The molecule has 0 saturated carbocycles. The van der Waals surface area contributed by atoms with E-state index in [1.54, 1.807) is 12.3 Å². The Balaban J connectivity index is 2.58. The third-order valence-electron chi connectivity index (χ3n) is 2.55. The van der Waals surface area contributed by atoms with Crippen LogP contribution in [-0.4, -0.2) is 22.7 Å². The number of aromatic nitrogens is 1. The Hall–Kier alpha value is -1.29. The molecule has 1 N–H and O–H groups in total. The fourth-order valence-electron chi connectivity index (χ4n) is 1.88. The minimum Gasteiger partial charge on any atom is -0.465 e. The number of hydrogen-bond donors (Lipinski definition) is 1. The topological polar surface area (TPSA) is 53.4 Å². The van der Waals surface area contributed by atoms with E-state index in [1.165, 1.54) is 4.90 Å². The first-order valence-electron chi connectivity index (χ1n) is 4.58. The fraction of sp³-hybridized carbons (Fsp3) is 0.400. The summed E-state index contributed by atoms with van der Waals surface area (Å²) in [7, 11) is 0. The van der Waals surface area contributed by atoms with Crippen molar-refractivity contribution in [2.45, 2.75) is 19.3 Å². The van der Waals surface area contributed by atoms with Gasteiger partial charge in [0.15, 0.2) is 0 Å². The molecule has 0 aromatic carbocycles. The zero-order chi connectivity index (χ0) is 11.2. The van der Waals surface area contributed by atoms with Crippen LogP contribution in [0.4, 0.5) is 10.5 Å². The molecule has 0 spiro atoms. The predicted molar refractivity (Wildman–Crippen MR) is 57.6 cm³/mol. The van der Waals surface area contributed by atoms with E-state index in [4.69, 9.17) is 16.7 Å². The normalized spacial score (nSPS) is 17.7. The molecule has 1 aromatic heterocycles. The summed E-state index contributed by atoms with van der Waals surface area (Å²) in [5, 5.41) is 9.49. The predicted octanol–water partition coefficient (Wildman–Crippen LogP) is 2.51. The third kappa shape index (κ3) is 1.55. The van der Waals surface area contributed by atoms with E-state index in [-0.39, 0.29) is 5.41 Å². The van der Waals surface area contributed by atoms with Gasteiger partial charge in [0.2, 0.25) is 0 Å². The molecule has 1 aliphatic heterocycles. The zero-order valence-electron chi connectivity index (χ0n) is 8.49. The molecule has 0 bridgehead atoms. The monoisotopic (exact) mass is 226 g/mol. The van der Waals surface area contributed by atoms with Gasteiger partial charge in [0.05, 0.1) is 16.4 Å². The van der Waals surface area contributed by atoms with E-state index >= 15 is 0 Å². The van der Waals surface area contributed by atoms with Crippen molar-refractivity contribution in [3.05, 3.63) is 23.0 Å². The highest BCUT2D eigenvalue weighted by Crippen LogP contribution is 2.39. The van der Waals surface area contributed by atoms with Crippen LogP contribution in [0.25, 0.3) is 0 Å². The van der Waals surface area contributed by atoms with Crippen LogP contribution in [0.2, 0.25) is 5.02 Å². The van der Waals surface area contributed by atoms with Gasteiger partial charge in [-0.2, -0.15) is 0 Å². The van der Waals surface area contributed by atoms with Gasteiger partial charge < -0.3 is 5.11 Å². The van der Waals surface area contributed by atoms with E-state index in [1.807, 2.05) is 13.8 Å². The standard InChI is InChI=1S/C10H11ClN2O2/c1-10(2)5-13(9(14)15)7-3-6(11)4-12-8(7)10/h3-4H,5H2,1-2H3,(H,14,15). The summed E-state index contributed by atoms with van der Waals surface area (Å²) in [5.74, 6) is 0. The Labute approximate surface area is 92.5 Å². The molecular formula is C10H11ClN2O2. The second-order valence-electron chi connectivity index (χ2n) is 4.27. The van der Waals surface area contributed by atoms with Gasteiger partial charge in [-0.15, -0.1) is 0 Å². The van der Waals surface area contributed by atoms with E-state index < -0.39 is 6.09 Å². The lowest BCUT2D eigenvalue weighted by Crippen LogP contribution is -2.32. The molecule has 1 amide bonds. The number of rotatable bonds is 0. The van der Waals surface area contributed by atoms with Crippen molar-refractivity contribution >= 4 is 23.4 Å². The Morgan fingerprint density at radius 1 is 1.67 bits per heavy atom. The maximum absolute atomic E-state index is 11.0. The first-order chi connectivity index (χ1) is 6.92. The molecule has 1 aliphatic rings. The lowest BCUT2D eigenvalue weighted by Gasteiger charge is -2.17. The summed E-state index contributed by atoms with van der Waals surface area (Å²) in [5.41, 5.74) is 1.13. The number of pyridine rings is 1. The highest BCUT2D eigenvalue weighted by atomic mass is 35.5. The van der Waals surface area contributed by atoms with Crippen molar-refractivity contribution in [2.24, 2.45) is 0 Å². The van der Waals surface area contributed by atoms with Crippen LogP contribution in [0, 0.1) is 0 Å². The van der Waals surface area contributed by atoms with Crippen molar-refractivity contribution in [1.29, 1.82) is 0 Å². The largest absolute Gasteiger partial charge is 0.465 e. The Bertz CT molecular complexity index is 431. The quantitative estimate of drug-likeness (QED) is 0.740. The molecule has 5 heteroatoms. The van der Waals surface area contributed by atoms with Crippen LogP contribution in [0.1, 0.15) is 19.5 Å². The number of amides is 1. The summed E-state index contributed by atoms with van der Waals surface area (Å²) in [6.45, 7) is 4.36. The number of halogens is 1. The van der Waals surface area contributed by atoms with Gasteiger partial charge in [0.25, 0.3) is 0 Å². The zero-order valence-corrected chi connectivity index (χ0v) is 9.25. The molecule has 0 unspecified atom stereocenters. The maximum Gasteiger partial charge on any atom is 0.411 e. The first-order valence-corrected chi connectivity index (χ1v) is 4.96. The minimum atomic E-state index is -0.967. The van der Waals surface area contributed by atoms with Crippen molar-refractivity contribution in [1.82, 2.24) is 4.98 Å². The Morgan fingerprint density at radius 3 is 2.93 bits per heavy atom. The molecule has 0 fully saturated rings. The van der Waals surface area contributed by atoms with Crippen LogP contribution in [0.5, 0.6) is 0 Å². The second-order valence-corrected chi connectivity index (χ2v) is 4.71. The van der Waals surface area contributed by atoms with Crippen molar-refractivity contribution in [2.75, 3.05) is 11.4 Å². The van der Waals surface area contributed by atoms with E-state index in [2.05, 4.69) is 4.98 Å². The molecule has 4 nitrogen and oxygen atoms in total. The average Bonchev–Trinajstić information content (AvgIpc) is 2.38. The number of carboxylic acid groups (broad SMARTS) is 1.